The largest absolute Gasteiger partial charge is 0.374 e. The molecule has 1 aliphatic rings. The van der Waals surface area contributed by atoms with Crippen LogP contribution in [0, 0.1) is 30.1 Å². The summed E-state index contributed by atoms with van der Waals surface area (Å²) in [5.74, 6) is 4.77. The lowest BCUT2D eigenvalue weighted by Gasteiger charge is -2.40. The Morgan fingerprint density at radius 1 is 1.32 bits per heavy atom. The number of hydrogen-bond donors (Lipinski definition) is 2. The minimum absolute atomic E-state index is 0.103. The summed E-state index contributed by atoms with van der Waals surface area (Å²) in [5.41, 5.74) is -0.898. The maximum Gasteiger partial charge on any atom is 0.147 e. The van der Waals surface area contributed by atoms with Crippen molar-refractivity contribution in [3.63, 3.8) is 0 Å². The van der Waals surface area contributed by atoms with Gasteiger partial charge in [0.15, 0.2) is 0 Å². The van der Waals surface area contributed by atoms with E-state index in [1.807, 2.05) is 6.92 Å². The number of terminal acetylenes is 2. The van der Waals surface area contributed by atoms with Crippen molar-refractivity contribution >= 4 is 0 Å². The molecule has 2 heteroatoms. The molecule has 19 heavy (non-hydrogen) atoms. The molecule has 1 aliphatic carbocycles. The van der Waals surface area contributed by atoms with E-state index >= 15 is 0 Å². The topological polar surface area (TPSA) is 40.5 Å². The fourth-order valence-electron chi connectivity index (χ4n) is 2.37. The van der Waals surface area contributed by atoms with Gasteiger partial charge in [0.2, 0.25) is 0 Å². The summed E-state index contributed by atoms with van der Waals surface area (Å²) in [4.78, 5) is 0. The van der Waals surface area contributed by atoms with Crippen molar-refractivity contribution in [1.29, 1.82) is 0 Å². The lowest BCUT2D eigenvalue weighted by atomic mass is 9.67. The van der Waals surface area contributed by atoms with Gasteiger partial charge in [-0.2, -0.15) is 0 Å². The molecule has 0 aromatic carbocycles. The van der Waals surface area contributed by atoms with Gasteiger partial charge in [-0.15, -0.1) is 12.8 Å². The Morgan fingerprint density at radius 3 is 2.37 bits per heavy atom. The molecule has 2 atom stereocenters. The average molecular weight is 258 g/mol. The van der Waals surface area contributed by atoms with Gasteiger partial charge in [-0.1, -0.05) is 31.8 Å². The van der Waals surface area contributed by atoms with Crippen LogP contribution in [0.4, 0.5) is 0 Å². The average Bonchev–Trinajstić information content (AvgIpc) is 2.34. The molecule has 0 heterocycles. The molecule has 0 aromatic heterocycles. The van der Waals surface area contributed by atoms with Gasteiger partial charge in [0, 0.05) is 0 Å². The summed E-state index contributed by atoms with van der Waals surface area (Å²) >= 11 is 0. The first-order chi connectivity index (χ1) is 8.58. The Balaban J connectivity index is 3.31. The number of allylic oxidation sites excluding steroid dienone is 2. The summed E-state index contributed by atoms with van der Waals surface area (Å²) in [5, 5.41) is 20.3. The van der Waals surface area contributed by atoms with E-state index < -0.39 is 11.2 Å². The zero-order valence-corrected chi connectivity index (χ0v) is 12.1. The van der Waals surface area contributed by atoms with Crippen LogP contribution >= 0.6 is 0 Å². The molecule has 0 amide bonds. The van der Waals surface area contributed by atoms with Crippen LogP contribution in [-0.4, -0.2) is 21.4 Å². The lowest BCUT2D eigenvalue weighted by Crippen LogP contribution is -2.37. The molecular weight excluding hydrogens is 236 g/mol. The summed E-state index contributed by atoms with van der Waals surface area (Å²) in [6, 6.07) is 0. The quantitative estimate of drug-likeness (QED) is 0.747. The highest BCUT2D eigenvalue weighted by molar-refractivity contribution is 5.43. The first-order valence-corrected chi connectivity index (χ1v) is 6.39. The van der Waals surface area contributed by atoms with E-state index in [2.05, 4.69) is 25.7 Å². The van der Waals surface area contributed by atoms with Crippen molar-refractivity contribution in [1.82, 2.24) is 0 Å². The molecule has 0 aromatic rings. The van der Waals surface area contributed by atoms with Gasteiger partial charge in [0.1, 0.15) is 11.2 Å². The van der Waals surface area contributed by atoms with Crippen LogP contribution < -0.4 is 0 Å². The van der Waals surface area contributed by atoms with Crippen LogP contribution in [0.2, 0.25) is 0 Å². The van der Waals surface area contributed by atoms with Crippen LogP contribution in [0.3, 0.4) is 0 Å². The molecule has 0 aliphatic heterocycles. The highest BCUT2D eigenvalue weighted by Gasteiger charge is 2.39. The molecule has 2 nitrogen and oxygen atoms in total. The SMILES string of the molecule is C#CC(C)(O)/C=C/C1=C(C)C(O)(C#C)CCC1(C)C. The van der Waals surface area contributed by atoms with E-state index in [1.165, 1.54) is 0 Å². The fourth-order valence-corrected chi connectivity index (χ4v) is 2.37. The van der Waals surface area contributed by atoms with Crippen molar-refractivity contribution in [3.05, 3.63) is 23.3 Å². The van der Waals surface area contributed by atoms with Gasteiger partial charge >= 0.3 is 0 Å². The maximum atomic E-state index is 10.4. The molecule has 0 radical (unpaired) electrons. The second kappa shape index (κ2) is 4.89. The van der Waals surface area contributed by atoms with E-state index in [0.717, 1.165) is 17.6 Å². The predicted octanol–water partition coefficient (Wildman–Crippen LogP) is 2.43. The zero-order chi connectivity index (χ0) is 14.9. The molecule has 0 spiro atoms. The molecule has 102 valence electrons. The second-order valence-electron chi connectivity index (χ2n) is 6.05. The van der Waals surface area contributed by atoms with Gasteiger partial charge in [0.05, 0.1) is 0 Å². The van der Waals surface area contributed by atoms with Crippen molar-refractivity contribution in [2.24, 2.45) is 5.41 Å². The van der Waals surface area contributed by atoms with Crippen LogP contribution in [0.25, 0.3) is 0 Å². The monoisotopic (exact) mass is 258 g/mol. The Kier molecular flexibility index (Phi) is 4.01. The first kappa shape index (κ1) is 15.6. The molecule has 2 N–H and O–H groups in total. The normalized spacial score (nSPS) is 29.7. The van der Waals surface area contributed by atoms with Gasteiger partial charge in [-0.05, 0) is 49.3 Å². The van der Waals surface area contributed by atoms with Crippen molar-refractivity contribution in [2.75, 3.05) is 0 Å². The Hall–Kier alpha value is -1.48. The van der Waals surface area contributed by atoms with E-state index in [4.69, 9.17) is 12.8 Å². The Labute approximate surface area is 116 Å². The van der Waals surface area contributed by atoms with Crippen molar-refractivity contribution in [2.45, 2.75) is 51.7 Å². The Bertz CT molecular complexity index is 506. The maximum absolute atomic E-state index is 10.4. The van der Waals surface area contributed by atoms with Crippen LogP contribution in [0.5, 0.6) is 0 Å². The van der Waals surface area contributed by atoms with Gasteiger partial charge < -0.3 is 10.2 Å². The van der Waals surface area contributed by atoms with E-state index in [-0.39, 0.29) is 5.41 Å². The third-order valence-electron chi connectivity index (χ3n) is 3.97. The second-order valence-corrected chi connectivity index (χ2v) is 6.05. The van der Waals surface area contributed by atoms with Crippen molar-refractivity contribution < 1.29 is 10.2 Å². The summed E-state index contributed by atoms with van der Waals surface area (Å²) in [7, 11) is 0. The van der Waals surface area contributed by atoms with E-state index in [1.54, 1.807) is 19.1 Å². The molecule has 2 unspecified atom stereocenters. The van der Waals surface area contributed by atoms with Crippen LogP contribution in [0.15, 0.2) is 23.3 Å². The fraction of sp³-hybridized carbons (Fsp3) is 0.529. The van der Waals surface area contributed by atoms with E-state index in [0.29, 0.717) is 6.42 Å². The van der Waals surface area contributed by atoms with Crippen LogP contribution in [-0.2, 0) is 0 Å². The predicted molar refractivity (Wildman–Crippen MR) is 78.1 cm³/mol. The highest BCUT2D eigenvalue weighted by Crippen LogP contribution is 2.45. The summed E-state index contributed by atoms with van der Waals surface area (Å²) < 4.78 is 0. The standard InChI is InChI=1S/C17H22O2/c1-7-16(6,18)10-9-14-13(3)17(19,8-2)12-11-15(14,4)5/h1-2,9-10,18-19H,11-12H2,3-6H3/b10-9+. The molecule has 1 rings (SSSR count). The number of rotatable bonds is 2. The van der Waals surface area contributed by atoms with E-state index in [9.17, 15) is 10.2 Å². The molecule has 0 saturated carbocycles. The third kappa shape index (κ3) is 3.10. The molecular formula is C17H22O2. The summed E-state index contributed by atoms with van der Waals surface area (Å²) in [6.45, 7) is 7.57. The van der Waals surface area contributed by atoms with Crippen molar-refractivity contribution in [3.8, 4) is 24.7 Å². The third-order valence-corrected chi connectivity index (χ3v) is 3.97. The van der Waals surface area contributed by atoms with Gasteiger partial charge in [-0.3, -0.25) is 0 Å². The number of hydrogen-bond acceptors (Lipinski definition) is 2. The molecule has 0 saturated heterocycles. The minimum atomic E-state index is -1.30. The zero-order valence-electron chi connectivity index (χ0n) is 12.1. The van der Waals surface area contributed by atoms with Crippen LogP contribution in [0.1, 0.15) is 40.5 Å². The highest BCUT2D eigenvalue weighted by atomic mass is 16.3. The number of aliphatic hydroxyl groups is 2. The van der Waals surface area contributed by atoms with Gasteiger partial charge in [-0.25, -0.2) is 0 Å². The lowest BCUT2D eigenvalue weighted by molar-refractivity contribution is 0.0996. The Morgan fingerprint density at radius 2 is 1.89 bits per heavy atom. The molecule has 0 fully saturated rings. The summed E-state index contributed by atoms with van der Waals surface area (Å²) in [6.07, 6.45) is 15.4. The van der Waals surface area contributed by atoms with Gasteiger partial charge in [0.25, 0.3) is 0 Å². The molecule has 0 bridgehead atoms. The smallest absolute Gasteiger partial charge is 0.147 e. The minimum Gasteiger partial charge on any atom is -0.374 e. The first-order valence-electron chi connectivity index (χ1n) is 6.39.